The van der Waals surface area contributed by atoms with Crippen molar-refractivity contribution in [2.24, 2.45) is 10.9 Å². The molecule has 0 aliphatic carbocycles. The summed E-state index contributed by atoms with van der Waals surface area (Å²) in [6, 6.07) is 10.5. The van der Waals surface area contributed by atoms with Crippen molar-refractivity contribution in [3.63, 3.8) is 0 Å². The van der Waals surface area contributed by atoms with Crippen LogP contribution < -0.4 is 0 Å². The molecule has 0 radical (unpaired) electrons. The fraction of sp³-hybridized carbons (Fsp3) is 0.409. The van der Waals surface area contributed by atoms with Gasteiger partial charge in [0.25, 0.3) is 0 Å². The summed E-state index contributed by atoms with van der Waals surface area (Å²) in [5.41, 5.74) is 2.06. The topological polar surface area (TPSA) is 18.8 Å². The summed E-state index contributed by atoms with van der Waals surface area (Å²) in [4.78, 5) is 6.01. The van der Waals surface area contributed by atoms with Gasteiger partial charge < -0.3 is 0 Å². The van der Waals surface area contributed by atoms with E-state index in [1.807, 2.05) is 32.1 Å². The van der Waals surface area contributed by atoms with Crippen molar-refractivity contribution in [3.8, 4) is 0 Å². The first-order valence-corrected chi connectivity index (χ1v) is 10.5. The highest BCUT2D eigenvalue weighted by Gasteiger charge is 2.50. The summed E-state index contributed by atoms with van der Waals surface area (Å²) in [6.45, 7) is 10.3. The Morgan fingerprint density at radius 1 is 1.19 bits per heavy atom. The maximum Gasteiger partial charge on any atom is 0.154 e. The van der Waals surface area contributed by atoms with Gasteiger partial charge in [0.1, 0.15) is 5.54 Å². The van der Waals surface area contributed by atoms with E-state index in [9.17, 15) is 0 Å². The fourth-order valence-corrected chi connectivity index (χ4v) is 5.41. The van der Waals surface area contributed by atoms with Crippen LogP contribution in [-0.4, -0.2) is 16.0 Å². The van der Waals surface area contributed by atoms with Crippen LogP contribution in [0.4, 0.5) is 4.48 Å². The van der Waals surface area contributed by atoms with Gasteiger partial charge in [-0.15, -0.1) is 16.6 Å². The molecule has 0 saturated heterocycles. The van der Waals surface area contributed by atoms with Crippen molar-refractivity contribution < 1.29 is 4.48 Å². The molecule has 3 heterocycles. The largest absolute Gasteiger partial charge is 0.235 e. The van der Waals surface area contributed by atoms with Crippen molar-refractivity contribution in [3.05, 3.63) is 58.4 Å². The molecular weight excluding hydrogens is 357 g/mol. The molecule has 1 aromatic carbocycles. The van der Waals surface area contributed by atoms with Crippen LogP contribution in [0.5, 0.6) is 0 Å². The van der Waals surface area contributed by atoms with E-state index in [1.54, 1.807) is 16.3 Å². The third kappa shape index (κ3) is 2.55. The Labute approximate surface area is 164 Å². The molecule has 0 bridgehead atoms. The molecule has 1 aromatic heterocycles. The van der Waals surface area contributed by atoms with Crippen molar-refractivity contribution in [1.29, 1.82) is 0 Å². The van der Waals surface area contributed by atoms with E-state index >= 15 is 4.48 Å². The van der Waals surface area contributed by atoms with Crippen LogP contribution in [0.1, 0.15) is 52.3 Å². The highest BCUT2D eigenvalue weighted by atomic mass is 32.1. The molecule has 3 nitrogen and oxygen atoms in total. The van der Waals surface area contributed by atoms with Gasteiger partial charge in [-0.2, -0.15) is 0 Å². The maximum absolute atomic E-state index is 15.4. The number of fused-ring (bicyclic) bond motifs is 2. The quantitative estimate of drug-likeness (QED) is 0.557. The number of hydrogen-bond acceptors (Lipinski definition) is 4. The minimum absolute atomic E-state index is 0.382. The van der Waals surface area contributed by atoms with Gasteiger partial charge in [0.15, 0.2) is 5.82 Å². The fourth-order valence-electron chi connectivity index (χ4n) is 4.16. The Balaban J connectivity index is 1.91. The number of halogens is 1. The minimum atomic E-state index is -0.624. The van der Waals surface area contributed by atoms with Crippen molar-refractivity contribution in [2.45, 2.75) is 53.0 Å². The highest BCUT2D eigenvalue weighted by molar-refractivity contribution is 7.19. The SMILES string of the molecule is CCC(CC)C1=C2N=C(C)C(C)(c3cc4ccccc4s3)N2N(F)C(C)=C1. The van der Waals surface area contributed by atoms with E-state index in [-0.39, 0.29) is 0 Å². The lowest BCUT2D eigenvalue weighted by molar-refractivity contribution is -0.153. The molecule has 0 fully saturated rings. The van der Waals surface area contributed by atoms with Gasteiger partial charge in [0.05, 0.1) is 11.4 Å². The molecule has 27 heavy (non-hydrogen) atoms. The van der Waals surface area contributed by atoms with Gasteiger partial charge in [-0.1, -0.05) is 36.5 Å². The van der Waals surface area contributed by atoms with E-state index in [1.165, 1.54) is 10.1 Å². The smallest absolute Gasteiger partial charge is 0.154 e. The molecular formula is C22H26FN3S. The van der Waals surface area contributed by atoms with E-state index in [4.69, 9.17) is 4.99 Å². The van der Waals surface area contributed by atoms with Gasteiger partial charge in [-0.25, -0.2) is 10.0 Å². The van der Waals surface area contributed by atoms with Gasteiger partial charge in [0, 0.05) is 15.2 Å². The first-order valence-electron chi connectivity index (χ1n) is 9.65. The molecule has 0 spiro atoms. The zero-order chi connectivity index (χ0) is 19.3. The lowest BCUT2D eigenvalue weighted by Gasteiger charge is -2.42. The number of nitrogens with zero attached hydrogens (tertiary/aromatic N) is 3. The van der Waals surface area contributed by atoms with Gasteiger partial charge in [-0.05, 0) is 63.1 Å². The third-order valence-electron chi connectivity index (χ3n) is 6.02. The lowest BCUT2D eigenvalue weighted by atomic mass is 9.90. The second kappa shape index (κ2) is 6.48. The number of benzene rings is 1. The molecule has 4 rings (SSSR count). The second-order valence-electron chi connectivity index (χ2n) is 7.57. The Morgan fingerprint density at radius 3 is 2.56 bits per heavy atom. The predicted octanol–water partition coefficient (Wildman–Crippen LogP) is 6.56. The number of allylic oxidation sites excluding steroid dienone is 3. The predicted molar refractivity (Wildman–Crippen MR) is 112 cm³/mol. The summed E-state index contributed by atoms with van der Waals surface area (Å²) in [5, 5.41) is 3.74. The highest BCUT2D eigenvalue weighted by Crippen LogP contribution is 2.49. The van der Waals surface area contributed by atoms with Crippen molar-refractivity contribution in [2.75, 3.05) is 0 Å². The van der Waals surface area contributed by atoms with Gasteiger partial charge >= 0.3 is 0 Å². The van der Waals surface area contributed by atoms with Crippen LogP contribution >= 0.6 is 11.3 Å². The Bertz CT molecular complexity index is 949. The molecule has 1 atom stereocenters. The average Bonchev–Trinajstić information content (AvgIpc) is 3.21. The number of hydrazine groups is 1. The zero-order valence-corrected chi connectivity index (χ0v) is 17.4. The normalized spacial score (nSPS) is 22.6. The van der Waals surface area contributed by atoms with E-state index in [0.717, 1.165) is 40.1 Å². The Hall–Kier alpha value is -2.14. The van der Waals surface area contributed by atoms with Crippen molar-refractivity contribution in [1.82, 2.24) is 10.2 Å². The van der Waals surface area contributed by atoms with Gasteiger partial charge in [0.2, 0.25) is 0 Å². The minimum Gasteiger partial charge on any atom is -0.235 e. The molecule has 142 valence electrons. The molecule has 2 aromatic rings. The standard InChI is InChI=1S/C22H26FN3S/c1-6-16(7-2)18-12-14(3)26(23)25-21(18)24-15(4)22(25,5)20-13-17-10-8-9-11-19(17)27-20/h8-13,16H,6-7H2,1-5H3. The zero-order valence-electron chi connectivity index (χ0n) is 16.6. The van der Waals surface area contributed by atoms with E-state index in [0.29, 0.717) is 11.6 Å². The second-order valence-corrected chi connectivity index (χ2v) is 8.65. The van der Waals surface area contributed by atoms with Crippen molar-refractivity contribution >= 4 is 27.1 Å². The summed E-state index contributed by atoms with van der Waals surface area (Å²) >= 11 is 1.72. The number of thiophene rings is 1. The molecule has 2 aliphatic rings. The number of aliphatic imine (C=N–C) groups is 1. The van der Waals surface area contributed by atoms with Crippen LogP contribution in [0, 0.1) is 5.92 Å². The molecule has 5 heteroatoms. The summed E-state index contributed by atoms with van der Waals surface area (Å²) in [6.07, 6.45) is 4.01. The summed E-state index contributed by atoms with van der Waals surface area (Å²) < 4.78 is 16.6. The van der Waals surface area contributed by atoms with Gasteiger partial charge in [-0.3, -0.25) is 0 Å². The molecule has 0 saturated carbocycles. The van der Waals surface area contributed by atoms with Crippen LogP contribution in [0.3, 0.4) is 0 Å². The molecule has 1 unspecified atom stereocenters. The molecule has 2 aliphatic heterocycles. The summed E-state index contributed by atoms with van der Waals surface area (Å²) in [7, 11) is 0. The van der Waals surface area contributed by atoms with E-state index < -0.39 is 5.54 Å². The first kappa shape index (κ1) is 18.2. The first-order chi connectivity index (χ1) is 12.9. The van der Waals surface area contributed by atoms with Crippen LogP contribution in [0.2, 0.25) is 0 Å². The number of rotatable bonds is 4. The maximum atomic E-state index is 15.4. The monoisotopic (exact) mass is 383 g/mol. The molecule has 0 amide bonds. The average molecular weight is 384 g/mol. The lowest BCUT2D eigenvalue weighted by Crippen LogP contribution is -2.50. The van der Waals surface area contributed by atoms with Crippen LogP contribution in [-0.2, 0) is 5.54 Å². The van der Waals surface area contributed by atoms with E-state index in [2.05, 4.69) is 39.0 Å². The Kier molecular flexibility index (Phi) is 4.38. The number of hydrogen-bond donors (Lipinski definition) is 0. The van der Waals surface area contributed by atoms with Crippen LogP contribution in [0.15, 0.2) is 58.5 Å². The third-order valence-corrected chi connectivity index (χ3v) is 7.35. The molecule has 0 N–H and O–H groups in total. The summed E-state index contributed by atoms with van der Waals surface area (Å²) in [5.74, 6) is 1.14. The van der Waals surface area contributed by atoms with Crippen LogP contribution in [0.25, 0.3) is 10.1 Å². The Morgan fingerprint density at radius 2 is 1.89 bits per heavy atom.